The van der Waals surface area contributed by atoms with Gasteiger partial charge in [0, 0.05) is 47.4 Å². The second kappa shape index (κ2) is 9.90. The van der Waals surface area contributed by atoms with Crippen molar-refractivity contribution in [3.8, 4) is 27.9 Å². The molecular formula is C44H27NS. The molecule has 2 heteroatoms. The summed E-state index contributed by atoms with van der Waals surface area (Å²) >= 11 is 1.92. The minimum Gasteiger partial charge on any atom is -0.309 e. The fraction of sp³-hybridized carbons (Fsp3) is 0. The fourth-order valence-electron chi connectivity index (χ4n) is 7.52. The lowest BCUT2D eigenvalue weighted by molar-refractivity contribution is 1.19. The molecule has 0 aliphatic heterocycles. The first kappa shape index (κ1) is 25.6. The van der Waals surface area contributed by atoms with Gasteiger partial charge >= 0.3 is 0 Å². The van der Waals surface area contributed by atoms with Crippen molar-refractivity contribution < 1.29 is 0 Å². The number of hydrogen-bond acceptors (Lipinski definition) is 1. The van der Waals surface area contributed by atoms with Crippen molar-refractivity contribution in [3.63, 3.8) is 0 Å². The van der Waals surface area contributed by atoms with Crippen LogP contribution in [0.4, 0.5) is 0 Å². The molecule has 0 atom stereocenters. The monoisotopic (exact) mass is 601 g/mol. The molecule has 2 aromatic heterocycles. The molecule has 0 aliphatic rings. The van der Waals surface area contributed by atoms with Crippen LogP contribution in [-0.2, 0) is 0 Å². The van der Waals surface area contributed by atoms with Gasteiger partial charge in [-0.15, -0.1) is 11.3 Å². The van der Waals surface area contributed by atoms with Crippen molar-refractivity contribution in [1.82, 2.24) is 4.57 Å². The second-order valence-electron chi connectivity index (χ2n) is 12.1. The van der Waals surface area contributed by atoms with Gasteiger partial charge in [-0.25, -0.2) is 0 Å². The second-order valence-corrected chi connectivity index (χ2v) is 13.1. The van der Waals surface area contributed by atoms with Gasteiger partial charge < -0.3 is 4.57 Å². The Kier molecular flexibility index (Phi) is 5.51. The molecule has 2 heterocycles. The Balaban J connectivity index is 1.40. The van der Waals surface area contributed by atoms with Gasteiger partial charge in [0.2, 0.25) is 0 Å². The first-order valence-corrected chi connectivity index (χ1v) is 16.6. The van der Waals surface area contributed by atoms with Crippen LogP contribution in [0, 0.1) is 0 Å². The number of nitrogens with zero attached hydrogens (tertiary/aromatic N) is 1. The number of benzene rings is 8. The van der Waals surface area contributed by atoms with Crippen LogP contribution < -0.4 is 0 Å². The van der Waals surface area contributed by atoms with Gasteiger partial charge in [0.25, 0.3) is 0 Å². The highest BCUT2D eigenvalue weighted by molar-refractivity contribution is 7.27. The standard InChI is InChI=1S/C44H27NS/c1-3-12-28(13-4-1)30-23-25-40-38(26-30)42-41-37-24-22-31(34-21-11-15-29-14-7-8-18-33(29)34)27-39(37)45(32-16-5-2-6-17-32)43(41)35-19-9-10-20-36(35)44(42)46-40/h1-27H. The van der Waals surface area contributed by atoms with Crippen LogP contribution in [0.1, 0.15) is 0 Å². The summed E-state index contributed by atoms with van der Waals surface area (Å²) in [6, 6.07) is 60.0. The average Bonchev–Trinajstić information content (AvgIpc) is 3.68. The predicted octanol–water partition coefficient (Wildman–Crippen LogP) is 12.8. The predicted molar refractivity (Wildman–Crippen MR) is 200 cm³/mol. The molecule has 0 saturated carbocycles. The first-order valence-electron chi connectivity index (χ1n) is 15.8. The SMILES string of the molecule is c1ccc(-c2ccc3sc4c5ccccc5c5c(c6ccc(-c7cccc8ccccc78)cc6n5-c5ccccc5)c4c3c2)cc1. The number of thiophene rings is 1. The van der Waals surface area contributed by atoms with E-state index in [4.69, 9.17) is 0 Å². The van der Waals surface area contributed by atoms with Gasteiger partial charge in [0.1, 0.15) is 0 Å². The highest BCUT2D eigenvalue weighted by atomic mass is 32.1. The summed E-state index contributed by atoms with van der Waals surface area (Å²) in [6.45, 7) is 0. The van der Waals surface area contributed by atoms with E-state index in [9.17, 15) is 0 Å². The third-order valence-electron chi connectivity index (χ3n) is 9.56. The van der Waals surface area contributed by atoms with Crippen LogP contribution in [0.2, 0.25) is 0 Å². The fourth-order valence-corrected chi connectivity index (χ4v) is 8.75. The molecule has 0 unspecified atom stereocenters. The maximum Gasteiger partial charge on any atom is 0.0626 e. The summed E-state index contributed by atoms with van der Waals surface area (Å²) in [5.74, 6) is 0. The number of rotatable bonds is 3. The van der Waals surface area contributed by atoms with Gasteiger partial charge in [0.05, 0.1) is 11.0 Å². The molecule has 8 aromatic carbocycles. The minimum absolute atomic E-state index is 1.17. The van der Waals surface area contributed by atoms with Crippen LogP contribution >= 0.6 is 11.3 Å². The topological polar surface area (TPSA) is 4.93 Å². The Morgan fingerprint density at radius 2 is 1.11 bits per heavy atom. The largest absolute Gasteiger partial charge is 0.309 e. The molecule has 1 nitrogen and oxygen atoms in total. The summed E-state index contributed by atoms with van der Waals surface area (Å²) in [4.78, 5) is 0. The zero-order valence-corrected chi connectivity index (χ0v) is 25.8. The Bertz CT molecular complexity index is 2780. The molecule has 46 heavy (non-hydrogen) atoms. The smallest absolute Gasteiger partial charge is 0.0626 e. The van der Waals surface area contributed by atoms with Crippen LogP contribution in [0.25, 0.3) is 91.5 Å². The molecular weight excluding hydrogens is 575 g/mol. The Morgan fingerprint density at radius 1 is 0.413 bits per heavy atom. The van der Waals surface area contributed by atoms with E-state index in [2.05, 4.69) is 168 Å². The van der Waals surface area contributed by atoms with Gasteiger partial charge in [-0.1, -0.05) is 133 Å². The zero-order valence-electron chi connectivity index (χ0n) is 24.9. The summed E-state index contributed by atoms with van der Waals surface area (Å²) in [5.41, 5.74) is 8.64. The Hall–Kier alpha value is -5.70. The van der Waals surface area contributed by atoms with Gasteiger partial charge in [-0.3, -0.25) is 0 Å². The van der Waals surface area contributed by atoms with E-state index in [1.165, 1.54) is 91.5 Å². The van der Waals surface area contributed by atoms with Crippen molar-refractivity contribution in [2.24, 2.45) is 0 Å². The average molecular weight is 602 g/mol. The van der Waals surface area contributed by atoms with E-state index in [0.717, 1.165) is 0 Å². The lowest BCUT2D eigenvalue weighted by atomic mass is 9.96. The number of para-hydroxylation sites is 1. The summed E-state index contributed by atoms with van der Waals surface area (Å²) < 4.78 is 5.18. The van der Waals surface area contributed by atoms with E-state index in [0.29, 0.717) is 0 Å². The number of hydrogen-bond donors (Lipinski definition) is 0. The first-order chi connectivity index (χ1) is 22.8. The normalized spacial score (nSPS) is 11.9. The van der Waals surface area contributed by atoms with Crippen molar-refractivity contribution in [3.05, 3.63) is 164 Å². The van der Waals surface area contributed by atoms with Crippen LogP contribution in [-0.4, -0.2) is 4.57 Å². The third kappa shape index (κ3) is 3.68. The molecule has 0 radical (unpaired) electrons. The van der Waals surface area contributed by atoms with E-state index in [1.807, 2.05) is 11.3 Å². The Morgan fingerprint density at radius 3 is 1.96 bits per heavy atom. The lowest BCUT2D eigenvalue weighted by Crippen LogP contribution is -1.94. The molecule has 0 bridgehead atoms. The highest BCUT2D eigenvalue weighted by Gasteiger charge is 2.22. The minimum atomic E-state index is 1.17. The maximum atomic E-state index is 2.51. The van der Waals surface area contributed by atoms with E-state index < -0.39 is 0 Å². The van der Waals surface area contributed by atoms with E-state index in [-0.39, 0.29) is 0 Å². The molecule has 10 rings (SSSR count). The molecule has 214 valence electrons. The Labute approximate surface area is 270 Å². The molecule has 0 saturated heterocycles. The molecule has 0 amide bonds. The number of fused-ring (bicyclic) bond motifs is 11. The van der Waals surface area contributed by atoms with Gasteiger partial charge in [-0.05, 0) is 63.4 Å². The van der Waals surface area contributed by atoms with E-state index in [1.54, 1.807) is 0 Å². The maximum absolute atomic E-state index is 2.51. The third-order valence-corrected chi connectivity index (χ3v) is 10.8. The summed E-state index contributed by atoms with van der Waals surface area (Å²) in [6.07, 6.45) is 0. The highest BCUT2D eigenvalue weighted by Crippen LogP contribution is 2.49. The quantitative estimate of drug-likeness (QED) is 0.190. The van der Waals surface area contributed by atoms with Crippen molar-refractivity contribution in [2.75, 3.05) is 0 Å². The molecule has 0 spiro atoms. The van der Waals surface area contributed by atoms with E-state index >= 15 is 0 Å². The zero-order chi connectivity index (χ0) is 30.2. The summed E-state index contributed by atoms with van der Waals surface area (Å²) in [5, 5.41) is 10.4. The van der Waals surface area contributed by atoms with Gasteiger partial charge in [0.15, 0.2) is 0 Å². The molecule has 0 N–H and O–H groups in total. The molecule has 10 aromatic rings. The van der Waals surface area contributed by atoms with Crippen LogP contribution in [0.3, 0.4) is 0 Å². The van der Waals surface area contributed by atoms with Crippen LogP contribution in [0.5, 0.6) is 0 Å². The van der Waals surface area contributed by atoms with Gasteiger partial charge in [-0.2, -0.15) is 0 Å². The lowest BCUT2D eigenvalue weighted by Gasteiger charge is -2.12. The molecule has 0 aliphatic carbocycles. The molecule has 0 fully saturated rings. The summed E-state index contributed by atoms with van der Waals surface area (Å²) in [7, 11) is 0. The van der Waals surface area contributed by atoms with Crippen molar-refractivity contribution in [2.45, 2.75) is 0 Å². The van der Waals surface area contributed by atoms with Crippen LogP contribution in [0.15, 0.2) is 164 Å². The van der Waals surface area contributed by atoms with Crippen molar-refractivity contribution >= 4 is 74.9 Å². The van der Waals surface area contributed by atoms with Crippen molar-refractivity contribution in [1.29, 1.82) is 0 Å². The number of aromatic nitrogens is 1.